The van der Waals surface area contributed by atoms with E-state index in [-0.39, 0.29) is 0 Å². The molecule has 0 fully saturated rings. The first-order chi connectivity index (χ1) is 2.89. The average molecular weight is 88.1 g/mol. The van der Waals surface area contributed by atoms with Crippen LogP contribution in [0.2, 0.25) is 0 Å². The highest BCUT2D eigenvalue weighted by Crippen LogP contribution is 1.88. The summed E-state index contributed by atoms with van der Waals surface area (Å²) in [6.07, 6.45) is 1.26. The summed E-state index contributed by atoms with van der Waals surface area (Å²) in [5.41, 5.74) is 7.27. The van der Waals surface area contributed by atoms with Gasteiger partial charge in [-0.15, -0.1) is 0 Å². The first kappa shape index (κ1) is 3.30. The Kier molecular flexibility index (Phi) is 0.582. The standard InChI is InChI=1S/C2H4N2O2/c3-2-1-5-6-4-2/h1,4H,3H2. The molecule has 0 saturated heterocycles. The zero-order valence-corrected chi connectivity index (χ0v) is 2.97. The molecule has 4 nitrogen and oxygen atoms in total. The molecule has 6 heavy (non-hydrogen) atoms. The molecule has 34 valence electrons. The van der Waals surface area contributed by atoms with Gasteiger partial charge >= 0.3 is 0 Å². The second-order valence-corrected chi connectivity index (χ2v) is 0.855. The second-order valence-electron chi connectivity index (χ2n) is 0.855. The van der Waals surface area contributed by atoms with Gasteiger partial charge in [0.1, 0.15) is 0 Å². The van der Waals surface area contributed by atoms with Gasteiger partial charge in [-0.25, -0.2) is 5.48 Å². The lowest BCUT2D eigenvalue weighted by atomic mass is 10.9. The molecule has 0 aromatic heterocycles. The van der Waals surface area contributed by atoms with E-state index in [9.17, 15) is 0 Å². The summed E-state index contributed by atoms with van der Waals surface area (Å²) < 4.78 is 0. The van der Waals surface area contributed by atoms with E-state index in [1.807, 2.05) is 0 Å². The third kappa shape index (κ3) is 0.367. The second kappa shape index (κ2) is 1.06. The lowest BCUT2D eigenvalue weighted by molar-refractivity contribution is -0.265. The molecule has 0 spiro atoms. The SMILES string of the molecule is NC1=COON1. The third-order valence-electron chi connectivity index (χ3n) is 0.383. The van der Waals surface area contributed by atoms with Crippen LogP contribution in [0.1, 0.15) is 0 Å². The summed E-state index contributed by atoms with van der Waals surface area (Å²) >= 11 is 0. The van der Waals surface area contributed by atoms with Crippen LogP contribution in [0.5, 0.6) is 0 Å². The molecular weight excluding hydrogens is 84.0 g/mol. The summed E-state index contributed by atoms with van der Waals surface area (Å²) in [6.45, 7) is 0. The van der Waals surface area contributed by atoms with Crippen molar-refractivity contribution in [3.63, 3.8) is 0 Å². The maximum absolute atomic E-state index is 5.03. The lowest BCUT2D eigenvalue weighted by Crippen LogP contribution is -2.12. The molecule has 1 aliphatic rings. The minimum Gasteiger partial charge on any atom is -0.381 e. The van der Waals surface area contributed by atoms with E-state index in [0.717, 1.165) is 0 Å². The largest absolute Gasteiger partial charge is 0.381 e. The molecule has 0 bridgehead atoms. The Morgan fingerprint density at radius 3 is 2.83 bits per heavy atom. The van der Waals surface area contributed by atoms with Crippen LogP contribution < -0.4 is 11.2 Å². The normalized spacial score (nSPS) is 18.3. The van der Waals surface area contributed by atoms with Crippen LogP contribution in [0.25, 0.3) is 0 Å². The minimum absolute atomic E-state index is 0.384. The first-order valence-corrected chi connectivity index (χ1v) is 1.43. The Hall–Kier alpha value is -0.900. The molecule has 0 unspecified atom stereocenters. The van der Waals surface area contributed by atoms with Gasteiger partial charge in [0, 0.05) is 0 Å². The molecule has 0 amide bonds. The van der Waals surface area contributed by atoms with Gasteiger partial charge < -0.3 is 10.6 Å². The van der Waals surface area contributed by atoms with Crippen molar-refractivity contribution in [1.29, 1.82) is 0 Å². The van der Waals surface area contributed by atoms with Crippen molar-refractivity contribution < 1.29 is 9.88 Å². The van der Waals surface area contributed by atoms with E-state index < -0.39 is 0 Å². The van der Waals surface area contributed by atoms with Crippen molar-refractivity contribution in [1.82, 2.24) is 5.48 Å². The monoisotopic (exact) mass is 88.0 g/mol. The lowest BCUT2D eigenvalue weighted by Gasteiger charge is -1.85. The van der Waals surface area contributed by atoms with Crippen LogP contribution in [0.4, 0.5) is 0 Å². The number of hydrogen-bond acceptors (Lipinski definition) is 4. The van der Waals surface area contributed by atoms with Crippen molar-refractivity contribution in [3.8, 4) is 0 Å². The summed E-state index contributed by atoms with van der Waals surface area (Å²) in [7, 11) is 0. The molecule has 4 heteroatoms. The summed E-state index contributed by atoms with van der Waals surface area (Å²) in [4.78, 5) is 8.25. The van der Waals surface area contributed by atoms with E-state index in [0.29, 0.717) is 5.82 Å². The quantitative estimate of drug-likeness (QED) is 0.381. The van der Waals surface area contributed by atoms with E-state index in [4.69, 9.17) is 5.73 Å². The molecule has 1 heterocycles. The molecule has 0 aliphatic carbocycles. The van der Waals surface area contributed by atoms with Crippen LogP contribution >= 0.6 is 0 Å². The predicted molar refractivity (Wildman–Crippen MR) is 17.6 cm³/mol. The Labute approximate surface area is 34.4 Å². The fourth-order valence-electron chi connectivity index (χ4n) is 0.172. The van der Waals surface area contributed by atoms with Crippen LogP contribution in [0.3, 0.4) is 0 Å². The van der Waals surface area contributed by atoms with Gasteiger partial charge in [-0.2, -0.15) is 0 Å². The summed E-state index contributed by atoms with van der Waals surface area (Å²) in [5.74, 6) is 0.384. The highest BCUT2D eigenvalue weighted by molar-refractivity contribution is 4.85. The Morgan fingerprint density at radius 1 is 1.83 bits per heavy atom. The van der Waals surface area contributed by atoms with Crippen LogP contribution in [-0.4, -0.2) is 0 Å². The fraction of sp³-hybridized carbons (Fsp3) is 0. The topological polar surface area (TPSA) is 56.5 Å². The number of rotatable bonds is 0. The van der Waals surface area contributed by atoms with E-state index in [2.05, 4.69) is 15.4 Å². The van der Waals surface area contributed by atoms with Crippen LogP contribution in [-0.2, 0) is 9.88 Å². The van der Waals surface area contributed by atoms with Gasteiger partial charge in [-0.3, -0.25) is 0 Å². The van der Waals surface area contributed by atoms with Gasteiger partial charge in [0.15, 0.2) is 12.1 Å². The Morgan fingerprint density at radius 2 is 2.67 bits per heavy atom. The third-order valence-corrected chi connectivity index (χ3v) is 0.383. The van der Waals surface area contributed by atoms with Crippen molar-refractivity contribution in [2.75, 3.05) is 0 Å². The Balaban J connectivity index is 2.45. The maximum atomic E-state index is 5.03. The zero-order valence-electron chi connectivity index (χ0n) is 2.97. The smallest absolute Gasteiger partial charge is 0.174 e. The van der Waals surface area contributed by atoms with Crippen molar-refractivity contribution in [2.24, 2.45) is 5.73 Å². The zero-order chi connectivity index (χ0) is 4.41. The minimum atomic E-state index is 0.384. The summed E-state index contributed by atoms with van der Waals surface area (Å²) in [5, 5.41) is 0. The average Bonchev–Trinajstić information content (AvgIpc) is 1.86. The number of hydrogen-bond donors (Lipinski definition) is 2. The highest BCUT2D eigenvalue weighted by Gasteiger charge is 1.95. The van der Waals surface area contributed by atoms with E-state index in [1.165, 1.54) is 6.26 Å². The Bertz CT molecular complexity index is 79.6. The molecule has 0 saturated carbocycles. The van der Waals surface area contributed by atoms with Gasteiger partial charge in [0.2, 0.25) is 0 Å². The molecule has 0 atom stereocenters. The van der Waals surface area contributed by atoms with Gasteiger partial charge in [0.05, 0.1) is 0 Å². The molecule has 3 N–H and O–H groups in total. The van der Waals surface area contributed by atoms with Gasteiger partial charge in [-0.1, -0.05) is 4.99 Å². The van der Waals surface area contributed by atoms with Gasteiger partial charge in [-0.05, 0) is 0 Å². The number of nitrogens with one attached hydrogen (secondary N) is 1. The van der Waals surface area contributed by atoms with E-state index >= 15 is 0 Å². The van der Waals surface area contributed by atoms with Crippen molar-refractivity contribution in [2.45, 2.75) is 0 Å². The molecular formula is C2H4N2O2. The summed E-state index contributed by atoms with van der Waals surface area (Å²) in [6, 6.07) is 0. The van der Waals surface area contributed by atoms with Crippen LogP contribution in [0, 0.1) is 0 Å². The van der Waals surface area contributed by atoms with Crippen LogP contribution in [0.15, 0.2) is 12.1 Å². The van der Waals surface area contributed by atoms with Crippen molar-refractivity contribution in [3.05, 3.63) is 12.1 Å². The molecule has 1 rings (SSSR count). The maximum Gasteiger partial charge on any atom is 0.174 e. The molecule has 0 aromatic rings. The number of hydroxylamine groups is 1. The molecule has 0 aromatic carbocycles. The van der Waals surface area contributed by atoms with Gasteiger partial charge in [0.25, 0.3) is 0 Å². The fourth-order valence-corrected chi connectivity index (χ4v) is 0.172. The molecule has 1 aliphatic heterocycles. The first-order valence-electron chi connectivity index (χ1n) is 1.43. The predicted octanol–water partition coefficient (Wildman–Crippen LogP) is -0.790. The molecule has 0 radical (unpaired) electrons. The highest BCUT2D eigenvalue weighted by atomic mass is 17.3. The van der Waals surface area contributed by atoms with E-state index in [1.54, 1.807) is 0 Å². The number of nitrogens with two attached hydrogens (primary N) is 1. The van der Waals surface area contributed by atoms with Crippen molar-refractivity contribution >= 4 is 0 Å².